The highest BCUT2D eigenvalue weighted by Crippen LogP contribution is 2.25. The summed E-state index contributed by atoms with van der Waals surface area (Å²) in [4.78, 5) is 10.5. The van der Waals surface area contributed by atoms with Gasteiger partial charge in [0.25, 0.3) is 5.69 Å². The van der Waals surface area contributed by atoms with Crippen LogP contribution in [0.25, 0.3) is 0 Å². The molecule has 0 unspecified atom stereocenters. The van der Waals surface area contributed by atoms with Gasteiger partial charge in [-0.3, -0.25) is 10.1 Å². The second kappa shape index (κ2) is 6.72. The van der Waals surface area contributed by atoms with Crippen molar-refractivity contribution in [1.82, 2.24) is 0 Å². The van der Waals surface area contributed by atoms with Gasteiger partial charge in [-0.05, 0) is 29.8 Å². The number of alkyl halides is 1. The van der Waals surface area contributed by atoms with Crippen molar-refractivity contribution in [2.75, 3.05) is 0 Å². The van der Waals surface area contributed by atoms with E-state index in [2.05, 4.69) is 15.9 Å². The lowest BCUT2D eigenvalue weighted by Crippen LogP contribution is -2.00. The van der Waals surface area contributed by atoms with Gasteiger partial charge in [-0.25, -0.2) is 0 Å². The summed E-state index contributed by atoms with van der Waals surface area (Å²) < 4.78 is 5.60. The minimum Gasteiger partial charge on any atom is -0.489 e. The molecule has 0 heterocycles. The zero-order chi connectivity index (χ0) is 14.5. The molecule has 0 spiro atoms. The third kappa shape index (κ3) is 3.71. The summed E-state index contributed by atoms with van der Waals surface area (Å²) in [6.07, 6.45) is 0. The summed E-state index contributed by atoms with van der Waals surface area (Å²) in [6.45, 7) is 0.124. The van der Waals surface area contributed by atoms with Crippen molar-refractivity contribution in [3.05, 3.63) is 68.7 Å². The molecule has 0 aliphatic carbocycles. The SMILES string of the molecule is O=[N+]([O-])c1cc(Cl)ccc1COc1cccc(CBr)c1. The molecule has 0 aromatic heterocycles. The fourth-order valence-electron chi connectivity index (χ4n) is 1.71. The fourth-order valence-corrected chi connectivity index (χ4v) is 2.22. The average molecular weight is 357 g/mol. The zero-order valence-corrected chi connectivity index (χ0v) is 12.7. The van der Waals surface area contributed by atoms with Crippen LogP contribution >= 0.6 is 27.5 Å². The summed E-state index contributed by atoms with van der Waals surface area (Å²) in [5, 5.41) is 12.0. The molecule has 0 N–H and O–H groups in total. The van der Waals surface area contributed by atoms with Crippen molar-refractivity contribution >= 4 is 33.2 Å². The molecule has 0 aliphatic rings. The Morgan fingerprint density at radius 3 is 2.75 bits per heavy atom. The average Bonchev–Trinajstić information content (AvgIpc) is 2.46. The van der Waals surface area contributed by atoms with Gasteiger partial charge >= 0.3 is 0 Å². The van der Waals surface area contributed by atoms with Crippen LogP contribution in [0.4, 0.5) is 5.69 Å². The molecule has 2 aromatic rings. The summed E-state index contributed by atoms with van der Waals surface area (Å²) in [5.74, 6) is 0.672. The largest absolute Gasteiger partial charge is 0.489 e. The van der Waals surface area contributed by atoms with Crippen molar-refractivity contribution < 1.29 is 9.66 Å². The first kappa shape index (κ1) is 14.8. The molecular formula is C14H11BrClNO3. The monoisotopic (exact) mass is 355 g/mol. The van der Waals surface area contributed by atoms with Crippen molar-refractivity contribution in [1.29, 1.82) is 0 Å². The maximum Gasteiger partial charge on any atom is 0.277 e. The zero-order valence-electron chi connectivity index (χ0n) is 10.4. The molecule has 6 heteroatoms. The van der Waals surface area contributed by atoms with E-state index in [-0.39, 0.29) is 12.3 Å². The molecule has 0 aliphatic heterocycles. The van der Waals surface area contributed by atoms with Crippen LogP contribution in [-0.2, 0) is 11.9 Å². The number of ether oxygens (including phenoxy) is 1. The number of nitro groups is 1. The van der Waals surface area contributed by atoms with Gasteiger partial charge in [0.15, 0.2) is 0 Å². The molecule has 0 saturated heterocycles. The van der Waals surface area contributed by atoms with Gasteiger partial charge in [-0.2, -0.15) is 0 Å². The molecule has 0 amide bonds. The first-order valence-electron chi connectivity index (χ1n) is 5.80. The van der Waals surface area contributed by atoms with E-state index in [0.29, 0.717) is 16.3 Å². The van der Waals surface area contributed by atoms with Crippen LogP contribution in [0, 0.1) is 10.1 Å². The van der Waals surface area contributed by atoms with E-state index in [1.807, 2.05) is 24.3 Å². The van der Waals surface area contributed by atoms with Crippen molar-refractivity contribution in [2.45, 2.75) is 11.9 Å². The third-order valence-electron chi connectivity index (χ3n) is 2.69. The number of nitrogens with zero attached hydrogens (tertiary/aromatic N) is 1. The Hall–Kier alpha value is -1.59. The number of halogens is 2. The number of hydrogen-bond acceptors (Lipinski definition) is 3. The molecule has 2 aromatic carbocycles. The topological polar surface area (TPSA) is 52.4 Å². The van der Waals surface area contributed by atoms with Crippen LogP contribution in [0.1, 0.15) is 11.1 Å². The van der Waals surface area contributed by atoms with Gasteiger partial charge in [-0.15, -0.1) is 0 Å². The van der Waals surface area contributed by atoms with E-state index in [4.69, 9.17) is 16.3 Å². The van der Waals surface area contributed by atoms with E-state index >= 15 is 0 Å². The van der Waals surface area contributed by atoms with Crippen molar-refractivity contribution in [2.24, 2.45) is 0 Å². The minimum atomic E-state index is -0.459. The maximum absolute atomic E-state index is 11.0. The number of hydrogen-bond donors (Lipinski definition) is 0. The smallest absolute Gasteiger partial charge is 0.277 e. The summed E-state index contributed by atoms with van der Waals surface area (Å²) in [5.41, 5.74) is 1.53. The fraction of sp³-hybridized carbons (Fsp3) is 0.143. The molecular weight excluding hydrogens is 346 g/mol. The van der Waals surface area contributed by atoms with Gasteiger partial charge in [0.2, 0.25) is 0 Å². The Morgan fingerprint density at radius 1 is 1.25 bits per heavy atom. The second-order valence-electron chi connectivity index (χ2n) is 4.10. The molecule has 0 saturated carbocycles. The van der Waals surface area contributed by atoms with Gasteiger partial charge in [-0.1, -0.05) is 39.7 Å². The van der Waals surface area contributed by atoms with Crippen LogP contribution in [0.5, 0.6) is 5.75 Å². The number of benzene rings is 2. The molecule has 104 valence electrons. The molecule has 2 rings (SSSR count). The molecule has 4 nitrogen and oxygen atoms in total. The van der Waals surface area contributed by atoms with Crippen LogP contribution in [0.3, 0.4) is 0 Å². The van der Waals surface area contributed by atoms with Crippen LogP contribution < -0.4 is 4.74 Å². The second-order valence-corrected chi connectivity index (χ2v) is 5.10. The predicted octanol–water partition coefficient (Wildman–Crippen LogP) is 4.72. The lowest BCUT2D eigenvalue weighted by Gasteiger charge is -2.08. The Balaban J connectivity index is 2.16. The molecule has 0 radical (unpaired) electrons. The Morgan fingerprint density at radius 2 is 2.05 bits per heavy atom. The molecule has 0 atom stereocenters. The van der Waals surface area contributed by atoms with Gasteiger partial charge < -0.3 is 4.74 Å². The predicted molar refractivity (Wildman–Crippen MR) is 81.5 cm³/mol. The number of rotatable bonds is 5. The van der Waals surface area contributed by atoms with E-state index < -0.39 is 4.92 Å². The number of nitro benzene ring substituents is 1. The lowest BCUT2D eigenvalue weighted by molar-refractivity contribution is -0.385. The summed E-state index contributed by atoms with van der Waals surface area (Å²) in [6, 6.07) is 12.1. The Kier molecular flexibility index (Phi) is 4.98. The van der Waals surface area contributed by atoms with Gasteiger partial charge in [0.05, 0.1) is 10.5 Å². The van der Waals surface area contributed by atoms with E-state index in [1.165, 1.54) is 6.07 Å². The van der Waals surface area contributed by atoms with Gasteiger partial charge in [0, 0.05) is 16.4 Å². The highest BCUT2D eigenvalue weighted by atomic mass is 79.9. The van der Waals surface area contributed by atoms with E-state index in [0.717, 1.165) is 10.9 Å². The highest BCUT2D eigenvalue weighted by Gasteiger charge is 2.14. The quantitative estimate of drug-likeness (QED) is 0.442. The van der Waals surface area contributed by atoms with Crippen molar-refractivity contribution in [3.63, 3.8) is 0 Å². The van der Waals surface area contributed by atoms with Crippen LogP contribution in [0.15, 0.2) is 42.5 Å². The van der Waals surface area contributed by atoms with Crippen LogP contribution in [0.2, 0.25) is 5.02 Å². The normalized spacial score (nSPS) is 10.3. The van der Waals surface area contributed by atoms with Crippen molar-refractivity contribution in [3.8, 4) is 5.75 Å². The molecule has 20 heavy (non-hydrogen) atoms. The Bertz CT molecular complexity index is 634. The third-order valence-corrected chi connectivity index (χ3v) is 3.57. The maximum atomic E-state index is 11.0. The lowest BCUT2D eigenvalue weighted by atomic mass is 10.2. The van der Waals surface area contributed by atoms with Gasteiger partial charge in [0.1, 0.15) is 12.4 Å². The Labute approximate surface area is 129 Å². The molecule has 0 fully saturated rings. The standard InChI is InChI=1S/C14H11BrClNO3/c15-8-10-2-1-3-13(6-10)20-9-11-4-5-12(16)7-14(11)17(18)19/h1-7H,8-9H2. The first-order valence-corrected chi connectivity index (χ1v) is 7.30. The van der Waals surface area contributed by atoms with E-state index in [9.17, 15) is 10.1 Å². The summed E-state index contributed by atoms with van der Waals surface area (Å²) in [7, 11) is 0. The van der Waals surface area contributed by atoms with E-state index in [1.54, 1.807) is 12.1 Å². The van der Waals surface area contributed by atoms with Crippen LogP contribution in [-0.4, -0.2) is 4.92 Å². The first-order chi connectivity index (χ1) is 9.60. The minimum absolute atomic E-state index is 0.0332. The highest BCUT2D eigenvalue weighted by molar-refractivity contribution is 9.08. The summed E-state index contributed by atoms with van der Waals surface area (Å²) >= 11 is 9.13. The molecule has 0 bridgehead atoms.